The van der Waals surface area contributed by atoms with E-state index in [4.69, 9.17) is 0 Å². The molecule has 0 aliphatic heterocycles. The van der Waals surface area contributed by atoms with Crippen molar-refractivity contribution in [2.75, 3.05) is 6.54 Å². The zero-order chi connectivity index (χ0) is 12.8. The molecule has 18 heavy (non-hydrogen) atoms. The van der Waals surface area contributed by atoms with Crippen LogP contribution in [0.5, 0.6) is 0 Å². The van der Waals surface area contributed by atoms with Gasteiger partial charge in [-0.15, -0.1) is 0 Å². The monoisotopic (exact) mass is 307 g/mol. The molecule has 0 spiro atoms. The molecule has 3 heteroatoms. The van der Waals surface area contributed by atoms with E-state index in [1.165, 1.54) is 25.7 Å². The maximum atomic E-state index is 12.2. The SMILES string of the molecule is Cc1ccc(Br)cc1C(=O)NCC1(C2CC2)CC1. The third-order valence-electron chi connectivity index (χ3n) is 4.38. The number of hydrogen-bond donors (Lipinski definition) is 1. The van der Waals surface area contributed by atoms with Crippen LogP contribution in [-0.4, -0.2) is 12.5 Å². The quantitative estimate of drug-likeness (QED) is 0.903. The summed E-state index contributed by atoms with van der Waals surface area (Å²) >= 11 is 3.42. The molecule has 2 aliphatic rings. The Balaban J connectivity index is 1.65. The van der Waals surface area contributed by atoms with Gasteiger partial charge in [0.15, 0.2) is 0 Å². The van der Waals surface area contributed by atoms with E-state index in [1.54, 1.807) is 0 Å². The highest BCUT2D eigenvalue weighted by atomic mass is 79.9. The largest absolute Gasteiger partial charge is 0.351 e. The van der Waals surface area contributed by atoms with Crippen LogP contribution >= 0.6 is 15.9 Å². The van der Waals surface area contributed by atoms with E-state index in [1.807, 2.05) is 25.1 Å². The standard InChI is InChI=1S/C15H18BrNO/c1-10-2-5-12(16)8-13(10)14(18)17-9-15(6-7-15)11-3-4-11/h2,5,8,11H,3-4,6-7,9H2,1H3,(H,17,18). The maximum absolute atomic E-state index is 12.2. The van der Waals surface area contributed by atoms with Crippen molar-refractivity contribution in [2.24, 2.45) is 11.3 Å². The highest BCUT2D eigenvalue weighted by Gasteiger charge is 2.53. The number of benzene rings is 1. The van der Waals surface area contributed by atoms with Crippen LogP contribution in [-0.2, 0) is 0 Å². The van der Waals surface area contributed by atoms with Crippen molar-refractivity contribution in [3.63, 3.8) is 0 Å². The smallest absolute Gasteiger partial charge is 0.251 e. The third kappa shape index (κ3) is 2.33. The van der Waals surface area contributed by atoms with Gasteiger partial charge in [0, 0.05) is 16.6 Å². The van der Waals surface area contributed by atoms with E-state index in [2.05, 4.69) is 21.2 Å². The molecule has 2 nitrogen and oxygen atoms in total. The number of carbonyl (C=O) groups is 1. The van der Waals surface area contributed by atoms with Crippen molar-refractivity contribution in [1.29, 1.82) is 0 Å². The molecule has 1 aromatic carbocycles. The van der Waals surface area contributed by atoms with Crippen LogP contribution < -0.4 is 5.32 Å². The molecule has 2 fully saturated rings. The predicted octanol–water partition coefficient (Wildman–Crippen LogP) is 3.68. The number of halogens is 1. The molecular weight excluding hydrogens is 290 g/mol. The number of rotatable bonds is 4. The van der Waals surface area contributed by atoms with Gasteiger partial charge >= 0.3 is 0 Å². The summed E-state index contributed by atoms with van der Waals surface area (Å²) < 4.78 is 0.960. The molecule has 0 heterocycles. The van der Waals surface area contributed by atoms with Gasteiger partial charge < -0.3 is 5.32 Å². The molecule has 0 atom stereocenters. The van der Waals surface area contributed by atoms with Gasteiger partial charge in [0.25, 0.3) is 5.91 Å². The fourth-order valence-electron chi connectivity index (χ4n) is 2.78. The van der Waals surface area contributed by atoms with Gasteiger partial charge in [0.2, 0.25) is 0 Å². The molecule has 0 bridgehead atoms. The van der Waals surface area contributed by atoms with Crippen molar-refractivity contribution < 1.29 is 4.79 Å². The molecule has 0 radical (unpaired) electrons. The molecule has 1 N–H and O–H groups in total. The van der Waals surface area contributed by atoms with E-state index in [0.717, 1.165) is 28.1 Å². The number of nitrogens with one attached hydrogen (secondary N) is 1. The fourth-order valence-corrected chi connectivity index (χ4v) is 3.14. The van der Waals surface area contributed by atoms with E-state index in [0.29, 0.717) is 5.41 Å². The Morgan fingerprint density at radius 3 is 2.78 bits per heavy atom. The predicted molar refractivity (Wildman–Crippen MR) is 75.6 cm³/mol. The lowest BCUT2D eigenvalue weighted by molar-refractivity contribution is 0.0942. The number of carbonyl (C=O) groups excluding carboxylic acids is 1. The molecule has 1 amide bonds. The first-order valence-electron chi connectivity index (χ1n) is 6.65. The second-order valence-corrected chi connectivity index (χ2v) is 6.69. The molecular formula is C15H18BrNO. The maximum Gasteiger partial charge on any atom is 0.251 e. The summed E-state index contributed by atoms with van der Waals surface area (Å²) in [5.74, 6) is 0.960. The highest BCUT2D eigenvalue weighted by Crippen LogP contribution is 2.60. The second-order valence-electron chi connectivity index (χ2n) is 5.78. The minimum absolute atomic E-state index is 0.0701. The van der Waals surface area contributed by atoms with E-state index in [-0.39, 0.29) is 5.91 Å². The Kier molecular flexibility index (Phi) is 2.97. The first kappa shape index (κ1) is 12.2. The van der Waals surface area contributed by atoms with Crippen LogP contribution in [0.15, 0.2) is 22.7 Å². The fraction of sp³-hybridized carbons (Fsp3) is 0.533. The first-order chi connectivity index (χ1) is 8.61. The van der Waals surface area contributed by atoms with Gasteiger partial charge in [0.05, 0.1) is 0 Å². The van der Waals surface area contributed by atoms with Gasteiger partial charge in [-0.2, -0.15) is 0 Å². The van der Waals surface area contributed by atoms with Crippen LogP contribution in [0.25, 0.3) is 0 Å². The van der Waals surface area contributed by atoms with E-state index < -0.39 is 0 Å². The highest BCUT2D eigenvalue weighted by molar-refractivity contribution is 9.10. The van der Waals surface area contributed by atoms with Crippen LogP contribution in [0.4, 0.5) is 0 Å². The first-order valence-corrected chi connectivity index (χ1v) is 7.44. The zero-order valence-corrected chi connectivity index (χ0v) is 12.2. The van der Waals surface area contributed by atoms with E-state index in [9.17, 15) is 4.79 Å². The topological polar surface area (TPSA) is 29.1 Å². The Morgan fingerprint density at radius 1 is 1.44 bits per heavy atom. The zero-order valence-electron chi connectivity index (χ0n) is 10.6. The molecule has 3 rings (SSSR count). The minimum Gasteiger partial charge on any atom is -0.351 e. The second kappa shape index (κ2) is 4.37. The van der Waals surface area contributed by atoms with Gasteiger partial charge in [0.1, 0.15) is 0 Å². The third-order valence-corrected chi connectivity index (χ3v) is 4.87. The Hall–Kier alpha value is -0.830. The Bertz CT molecular complexity index is 489. The Morgan fingerprint density at radius 2 is 2.17 bits per heavy atom. The van der Waals surface area contributed by atoms with Crippen LogP contribution in [0, 0.1) is 18.3 Å². The van der Waals surface area contributed by atoms with Crippen LogP contribution in [0.1, 0.15) is 41.6 Å². The lowest BCUT2D eigenvalue weighted by Crippen LogP contribution is -2.31. The van der Waals surface area contributed by atoms with Crippen molar-refractivity contribution in [2.45, 2.75) is 32.6 Å². The van der Waals surface area contributed by atoms with Gasteiger partial charge in [-0.3, -0.25) is 4.79 Å². The van der Waals surface area contributed by atoms with Crippen molar-refractivity contribution in [3.05, 3.63) is 33.8 Å². The molecule has 1 aromatic rings. The Labute approximate surface area is 116 Å². The summed E-state index contributed by atoms with van der Waals surface area (Å²) in [6, 6.07) is 5.85. The summed E-state index contributed by atoms with van der Waals surface area (Å²) in [5.41, 5.74) is 2.29. The summed E-state index contributed by atoms with van der Waals surface area (Å²) in [5, 5.41) is 3.13. The number of hydrogen-bond acceptors (Lipinski definition) is 1. The molecule has 2 saturated carbocycles. The number of aryl methyl sites for hydroxylation is 1. The van der Waals surface area contributed by atoms with Crippen LogP contribution in [0.2, 0.25) is 0 Å². The van der Waals surface area contributed by atoms with E-state index >= 15 is 0 Å². The summed E-state index contributed by atoms with van der Waals surface area (Å²) in [6.45, 7) is 2.84. The normalized spacial score (nSPS) is 20.6. The lowest BCUT2D eigenvalue weighted by atomic mass is 10.0. The van der Waals surface area contributed by atoms with Gasteiger partial charge in [-0.1, -0.05) is 22.0 Å². The van der Waals surface area contributed by atoms with Gasteiger partial charge in [-0.05, 0) is 61.6 Å². The van der Waals surface area contributed by atoms with Gasteiger partial charge in [-0.25, -0.2) is 0 Å². The van der Waals surface area contributed by atoms with Crippen molar-refractivity contribution in [1.82, 2.24) is 5.32 Å². The molecule has 2 aliphatic carbocycles. The summed E-state index contributed by atoms with van der Waals surface area (Å²) in [4.78, 5) is 12.2. The molecule has 0 saturated heterocycles. The average Bonchev–Trinajstić information content (AvgIpc) is 3.21. The summed E-state index contributed by atoms with van der Waals surface area (Å²) in [6.07, 6.45) is 5.34. The minimum atomic E-state index is 0.0701. The summed E-state index contributed by atoms with van der Waals surface area (Å²) in [7, 11) is 0. The molecule has 0 aromatic heterocycles. The van der Waals surface area contributed by atoms with Crippen molar-refractivity contribution >= 4 is 21.8 Å². The van der Waals surface area contributed by atoms with Crippen LogP contribution in [0.3, 0.4) is 0 Å². The molecule has 0 unspecified atom stereocenters. The van der Waals surface area contributed by atoms with Crippen molar-refractivity contribution in [3.8, 4) is 0 Å². The lowest BCUT2D eigenvalue weighted by Gasteiger charge is -2.15. The number of amides is 1. The molecule has 96 valence electrons. The average molecular weight is 308 g/mol.